The van der Waals surface area contributed by atoms with Crippen molar-refractivity contribution in [3.05, 3.63) is 41.7 Å². The Morgan fingerprint density at radius 2 is 1.95 bits per heavy atom. The Morgan fingerprint density at radius 3 is 2.81 bits per heavy atom. The van der Waals surface area contributed by atoms with Gasteiger partial charge in [0.05, 0.1) is 19.8 Å². The van der Waals surface area contributed by atoms with E-state index in [2.05, 4.69) is 10.3 Å². The predicted octanol–water partition coefficient (Wildman–Crippen LogP) is 2.87. The summed E-state index contributed by atoms with van der Waals surface area (Å²) in [6.07, 6.45) is 0.887. The number of nitrogens with one attached hydrogen (secondary N) is 1. The summed E-state index contributed by atoms with van der Waals surface area (Å²) >= 11 is 0. The van der Waals surface area contributed by atoms with Crippen LogP contribution in [0.15, 0.2) is 30.3 Å². The lowest BCUT2D eigenvalue weighted by Crippen LogP contribution is -2.03. The average molecular weight is 286 g/mol. The highest BCUT2D eigenvalue weighted by molar-refractivity contribution is 5.55. The summed E-state index contributed by atoms with van der Waals surface area (Å²) in [6, 6.07) is 9.18. The Labute approximate surface area is 123 Å². The van der Waals surface area contributed by atoms with Crippen LogP contribution in [0.2, 0.25) is 0 Å². The highest BCUT2D eigenvalue weighted by atomic mass is 16.5. The molecule has 0 unspecified atom stereocenters. The van der Waals surface area contributed by atoms with Gasteiger partial charge in [0.25, 0.3) is 0 Å². The molecule has 0 fully saturated rings. The van der Waals surface area contributed by atoms with Gasteiger partial charge in [-0.15, -0.1) is 0 Å². The molecule has 1 aromatic heterocycles. The van der Waals surface area contributed by atoms with E-state index < -0.39 is 0 Å². The van der Waals surface area contributed by atoms with Gasteiger partial charge in [0.2, 0.25) is 0 Å². The molecule has 0 atom stereocenters. The summed E-state index contributed by atoms with van der Waals surface area (Å²) < 4.78 is 11.2. The third-order valence-electron chi connectivity index (χ3n) is 3.30. The third kappa shape index (κ3) is 3.18. The first kappa shape index (κ1) is 13.5. The van der Waals surface area contributed by atoms with Crippen molar-refractivity contribution in [1.29, 1.82) is 0 Å². The highest BCUT2D eigenvalue weighted by Crippen LogP contribution is 2.32. The fourth-order valence-electron chi connectivity index (χ4n) is 2.19. The van der Waals surface area contributed by atoms with Gasteiger partial charge < -0.3 is 19.9 Å². The lowest BCUT2D eigenvalue weighted by Gasteiger charge is -2.11. The number of pyridine rings is 1. The lowest BCUT2D eigenvalue weighted by molar-refractivity contribution is 0.297. The van der Waals surface area contributed by atoms with Crippen LogP contribution in [0.3, 0.4) is 0 Å². The molecule has 2 aromatic rings. The number of aryl methyl sites for hydroxylation is 1. The van der Waals surface area contributed by atoms with Crippen LogP contribution in [-0.4, -0.2) is 23.3 Å². The van der Waals surface area contributed by atoms with Crippen LogP contribution >= 0.6 is 0 Å². The maximum atomic E-state index is 9.80. The molecule has 1 aromatic carbocycles. The zero-order valence-corrected chi connectivity index (χ0v) is 11.9. The number of aromatic nitrogens is 1. The summed E-state index contributed by atoms with van der Waals surface area (Å²) in [5, 5.41) is 13.0. The number of ether oxygens (including phenoxy) is 2. The molecule has 1 aliphatic rings. The third-order valence-corrected chi connectivity index (χ3v) is 3.30. The van der Waals surface area contributed by atoms with Crippen molar-refractivity contribution in [3.8, 4) is 17.2 Å². The van der Waals surface area contributed by atoms with Crippen LogP contribution in [0.1, 0.15) is 17.8 Å². The van der Waals surface area contributed by atoms with Crippen molar-refractivity contribution in [2.75, 3.05) is 18.5 Å². The molecule has 5 nitrogen and oxygen atoms in total. The molecular weight excluding hydrogens is 268 g/mol. The van der Waals surface area contributed by atoms with Gasteiger partial charge in [-0.2, -0.15) is 0 Å². The quantitative estimate of drug-likeness (QED) is 0.908. The van der Waals surface area contributed by atoms with Crippen molar-refractivity contribution >= 4 is 5.69 Å². The van der Waals surface area contributed by atoms with Gasteiger partial charge in [0.1, 0.15) is 11.4 Å². The summed E-state index contributed by atoms with van der Waals surface area (Å²) in [5.41, 5.74) is 2.41. The highest BCUT2D eigenvalue weighted by Gasteiger charge is 2.11. The van der Waals surface area contributed by atoms with Crippen molar-refractivity contribution in [2.45, 2.75) is 19.9 Å². The lowest BCUT2D eigenvalue weighted by atomic mass is 10.2. The molecule has 0 bridgehead atoms. The number of aromatic hydroxyl groups is 1. The van der Waals surface area contributed by atoms with E-state index in [1.807, 2.05) is 25.1 Å². The molecule has 21 heavy (non-hydrogen) atoms. The molecule has 0 aliphatic carbocycles. The van der Waals surface area contributed by atoms with Crippen molar-refractivity contribution in [2.24, 2.45) is 0 Å². The van der Waals surface area contributed by atoms with Crippen molar-refractivity contribution in [1.82, 2.24) is 4.98 Å². The Morgan fingerprint density at radius 1 is 1.14 bits per heavy atom. The monoisotopic (exact) mass is 286 g/mol. The number of anilines is 1. The molecule has 0 saturated carbocycles. The van der Waals surface area contributed by atoms with E-state index in [4.69, 9.17) is 9.47 Å². The van der Waals surface area contributed by atoms with E-state index in [9.17, 15) is 5.11 Å². The zero-order valence-electron chi connectivity index (χ0n) is 11.9. The SMILES string of the molecule is Cc1ccc(O)c(CNc2ccc3c(c2)OCCCO3)n1. The minimum atomic E-state index is 0.197. The number of nitrogens with zero attached hydrogens (tertiary/aromatic N) is 1. The minimum Gasteiger partial charge on any atom is -0.506 e. The molecule has 2 heterocycles. The van der Waals surface area contributed by atoms with Gasteiger partial charge in [-0.1, -0.05) is 0 Å². The Bertz CT molecular complexity index is 643. The van der Waals surface area contributed by atoms with E-state index in [1.54, 1.807) is 12.1 Å². The van der Waals surface area contributed by atoms with E-state index in [0.717, 1.165) is 29.3 Å². The summed E-state index contributed by atoms with van der Waals surface area (Å²) in [4.78, 5) is 4.32. The van der Waals surface area contributed by atoms with Crippen molar-refractivity contribution < 1.29 is 14.6 Å². The summed E-state index contributed by atoms with van der Waals surface area (Å²) in [6.45, 7) is 3.70. The zero-order chi connectivity index (χ0) is 14.7. The molecule has 0 amide bonds. The topological polar surface area (TPSA) is 63.6 Å². The fraction of sp³-hybridized carbons (Fsp3) is 0.312. The van der Waals surface area contributed by atoms with E-state index in [-0.39, 0.29) is 5.75 Å². The standard InChI is InChI=1S/C16H18N2O3/c1-11-3-5-14(19)13(18-11)10-17-12-4-6-15-16(9-12)21-8-2-7-20-15/h3-6,9,17,19H,2,7-8,10H2,1H3. The van der Waals surface area contributed by atoms with Crippen LogP contribution in [0, 0.1) is 6.92 Å². The molecule has 0 spiro atoms. The molecule has 0 saturated heterocycles. The average Bonchev–Trinajstić information content (AvgIpc) is 2.73. The second-order valence-corrected chi connectivity index (χ2v) is 4.98. The molecule has 0 radical (unpaired) electrons. The van der Waals surface area contributed by atoms with Crippen LogP contribution < -0.4 is 14.8 Å². The summed E-state index contributed by atoms with van der Waals surface area (Å²) in [7, 11) is 0. The molecule has 3 rings (SSSR count). The normalized spacial score (nSPS) is 13.6. The number of rotatable bonds is 3. The van der Waals surface area contributed by atoms with Gasteiger partial charge in [-0.05, 0) is 31.2 Å². The molecule has 1 aliphatic heterocycles. The first-order valence-electron chi connectivity index (χ1n) is 7.01. The minimum absolute atomic E-state index is 0.197. The van der Waals surface area contributed by atoms with Crippen molar-refractivity contribution in [3.63, 3.8) is 0 Å². The van der Waals surface area contributed by atoms with Gasteiger partial charge in [-0.3, -0.25) is 4.98 Å². The maximum absolute atomic E-state index is 9.80. The van der Waals surface area contributed by atoms with Gasteiger partial charge >= 0.3 is 0 Å². The first-order chi connectivity index (χ1) is 10.2. The van der Waals surface area contributed by atoms with Crippen LogP contribution in [0.25, 0.3) is 0 Å². The van der Waals surface area contributed by atoms with Gasteiger partial charge in [0.15, 0.2) is 11.5 Å². The largest absolute Gasteiger partial charge is 0.506 e. The Kier molecular flexibility index (Phi) is 3.81. The van der Waals surface area contributed by atoms with E-state index in [0.29, 0.717) is 25.5 Å². The Balaban J connectivity index is 1.73. The van der Waals surface area contributed by atoms with Gasteiger partial charge in [-0.25, -0.2) is 0 Å². The van der Waals surface area contributed by atoms with Crippen LogP contribution in [-0.2, 0) is 6.54 Å². The number of hydrogen-bond acceptors (Lipinski definition) is 5. The fourth-order valence-corrected chi connectivity index (χ4v) is 2.19. The first-order valence-corrected chi connectivity index (χ1v) is 7.01. The van der Waals surface area contributed by atoms with E-state index >= 15 is 0 Å². The Hall–Kier alpha value is -2.43. The van der Waals surface area contributed by atoms with Gasteiger partial charge in [0, 0.05) is 23.9 Å². The van der Waals surface area contributed by atoms with Crippen LogP contribution in [0.5, 0.6) is 17.2 Å². The molecule has 110 valence electrons. The van der Waals surface area contributed by atoms with E-state index in [1.165, 1.54) is 0 Å². The molecule has 2 N–H and O–H groups in total. The molecule has 5 heteroatoms. The van der Waals surface area contributed by atoms with Crippen LogP contribution in [0.4, 0.5) is 5.69 Å². The molecular formula is C16H18N2O3. The number of hydrogen-bond donors (Lipinski definition) is 2. The summed E-state index contributed by atoms with van der Waals surface area (Å²) in [5.74, 6) is 1.72. The predicted molar refractivity (Wildman–Crippen MR) is 80.0 cm³/mol. The maximum Gasteiger partial charge on any atom is 0.163 e. The number of fused-ring (bicyclic) bond motifs is 1. The smallest absolute Gasteiger partial charge is 0.163 e. The second kappa shape index (κ2) is 5.91. The second-order valence-electron chi connectivity index (χ2n) is 4.98. The number of benzene rings is 1.